The maximum atomic E-state index is 5.69. The van der Waals surface area contributed by atoms with Crippen LogP contribution < -0.4 is 10.1 Å². The Bertz CT molecular complexity index is 679. The van der Waals surface area contributed by atoms with Crippen LogP contribution in [0.15, 0.2) is 41.9 Å². The van der Waals surface area contributed by atoms with E-state index < -0.39 is 0 Å². The van der Waals surface area contributed by atoms with Crippen molar-refractivity contribution in [2.24, 2.45) is 0 Å². The van der Waals surface area contributed by atoms with Crippen LogP contribution in [0.5, 0.6) is 5.75 Å². The quantitative estimate of drug-likeness (QED) is 0.777. The van der Waals surface area contributed by atoms with Gasteiger partial charge in [-0.05, 0) is 12.1 Å². The first-order valence-corrected chi connectivity index (χ1v) is 7.81. The lowest BCUT2D eigenvalue weighted by Crippen LogP contribution is -1.93. The summed E-state index contributed by atoms with van der Waals surface area (Å²) in [5.41, 5.74) is 0.961. The second-order valence-electron chi connectivity index (χ2n) is 4.01. The number of hydrogen-bond donors (Lipinski definition) is 1. The summed E-state index contributed by atoms with van der Waals surface area (Å²) in [5.74, 6) is 0.857. The van der Waals surface area contributed by atoms with Gasteiger partial charge in [-0.2, -0.15) is 0 Å². The fourth-order valence-electron chi connectivity index (χ4n) is 1.66. The Morgan fingerprint density at radius 3 is 2.85 bits per heavy atom. The van der Waals surface area contributed by atoms with Crippen molar-refractivity contribution in [3.8, 4) is 16.3 Å². The van der Waals surface area contributed by atoms with E-state index in [-0.39, 0.29) is 0 Å². The van der Waals surface area contributed by atoms with Crippen molar-refractivity contribution in [2.75, 3.05) is 12.4 Å². The van der Waals surface area contributed by atoms with E-state index in [9.17, 15) is 0 Å². The van der Waals surface area contributed by atoms with Crippen molar-refractivity contribution in [1.29, 1.82) is 0 Å². The third-order valence-electron chi connectivity index (χ3n) is 2.63. The first-order valence-electron chi connectivity index (χ1n) is 6.11. The van der Waals surface area contributed by atoms with E-state index >= 15 is 0 Å². The van der Waals surface area contributed by atoms with E-state index in [4.69, 9.17) is 4.74 Å². The minimum Gasteiger partial charge on any atom is -0.486 e. The van der Waals surface area contributed by atoms with Crippen LogP contribution in [0.25, 0.3) is 10.6 Å². The number of rotatable bonds is 5. The first-order chi connectivity index (χ1) is 9.85. The molecule has 6 heteroatoms. The van der Waals surface area contributed by atoms with Crippen LogP contribution in [0, 0.1) is 0 Å². The zero-order valence-corrected chi connectivity index (χ0v) is 12.5. The van der Waals surface area contributed by atoms with Gasteiger partial charge in [0, 0.05) is 18.6 Å². The summed E-state index contributed by atoms with van der Waals surface area (Å²) >= 11 is 3.20. The lowest BCUT2D eigenvalue weighted by molar-refractivity contribution is 0.305. The van der Waals surface area contributed by atoms with Gasteiger partial charge in [-0.3, -0.25) is 0 Å². The minimum atomic E-state index is 0.484. The van der Waals surface area contributed by atoms with E-state index in [1.807, 2.05) is 49.0 Å². The lowest BCUT2D eigenvalue weighted by atomic mass is 10.3. The molecule has 20 heavy (non-hydrogen) atoms. The van der Waals surface area contributed by atoms with Crippen molar-refractivity contribution in [3.63, 3.8) is 0 Å². The molecule has 0 aliphatic carbocycles. The molecular formula is C14H13N3OS2. The van der Waals surface area contributed by atoms with Crippen LogP contribution in [0.3, 0.4) is 0 Å². The number of benzene rings is 1. The first kappa shape index (κ1) is 13.1. The number of hydrogen-bond acceptors (Lipinski definition) is 6. The molecule has 0 bridgehead atoms. The number of ether oxygens (including phenoxy) is 1. The molecule has 2 heterocycles. The third kappa shape index (κ3) is 2.97. The highest BCUT2D eigenvalue weighted by Crippen LogP contribution is 2.29. The molecule has 0 amide bonds. The molecule has 1 aromatic carbocycles. The van der Waals surface area contributed by atoms with Crippen LogP contribution in [0.2, 0.25) is 0 Å². The normalized spacial score (nSPS) is 10.4. The summed E-state index contributed by atoms with van der Waals surface area (Å²) in [4.78, 5) is 9.91. The van der Waals surface area contributed by atoms with Gasteiger partial charge in [0.25, 0.3) is 0 Å². The maximum Gasteiger partial charge on any atom is 0.182 e. The lowest BCUT2D eigenvalue weighted by Gasteiger charge is -2.02. The summed E-state index contributed by atoms with van der Waals surface area (Å²) < 4.78 is 5.69. The third-order valence-corrected chi connectivity index (χ3v) is 4.48. The van der Waals surface area contributed by atoms with E-state index in [1.54, 1.807) is 22.7 Å². The van der Waals surface area contributed by atoms with Gasteiger partial charge in [-0.25, -0.2) is 9.97 Å². The molecule has 0 spiro atoms. The number of nitrogens with zero attached hydrogens (tertiary/aromatic N) is 2. The van der Waals surface area contributed by atoms with Crippen molar-refractivity contribution in [2.45, 2.75) is 6.61 Å². The molecule has 0 unspecified atom stereocenters. The topological polar surface area (TPSA) is 47.0 Å². The van der Waals surface area contributed by atoms with Crippen LogP contribution in [0.1, 0.15) is 5.01 Å². The van der Waals surface area contributed by atoms with Gasteiger partial charge >= 0.3 is 0 Å². The van der Waals surface area contributed by atoms with Gasteiger partial charge in [0.15, 0.2) is 5.13 Å². The number of nitrogens with one attached hydrogen (secondary N) is 1. The Balaban J connectivity index is 1.67. The summed E-state index contributed by atoms with van der Waals surface area (Å²) in [6.45, 7) is 0.484. The van der Waals surface area contributed by atoms with Crippen molar-refractivity contribution < 1.29 is 4.74 Å². The van der Waals surface area contributed by atoms with E-state index in [2.05, 4.69) is 15.3 Å². The van der Waals surface area contributed by atoms with E-state index in [0.29, 0.717) is 6.61 Å². The largest absolute Gasteiger partial charge is 0.486 e. The number of aromatic nitrogens is 2. The predicted molar refractivity (Wildman–Crippen MR) is 83.5 cm³/mol. The SMILES string of the molecule is CNc1nc(-c2cnc(COc3ccccc3)s2)cs1. The van der Waals surface area contributed by atoms with Gasteiger partial charge < -0.3 is 10.1 Å². The molecule has 0 saturated carbocycles. The molecule has 0 saturated heterocycles. The number of thiazole rings is 2. The second kappa shape index (κ2) is 6.02. The molecule has 0 aliphatic heterocycles. The molecule has 3 aromatic rings. The molecule has 0 atom stereocenters. The second-order valence-corrected chi connectivity index (χ2v) is 5.98. The monoisotopic (exact) mass is 303 g/mol. The highest BCUT2D eigenvalue weighted by molar-refractivity contribution is 7.16. The Labute approximate surface area is 125 Å². The maximum absolute atomic E-state index is 5.69. The smallest absolute Gasteiger partial charge is 0.182 e. The summed E-state index contributed by atoms with van der Waals surface area (Å²) in [6.07, 6.45) is 1.85. The summed E-state index contributed by atoms with van der Waals surface area (Å²) in [5, 5.41) is 6.93. The Morgan fingerprint density at radius 1 is 1.25 bits per heavy atom. The molecule has 2 aromatic heterocycles. The van der Waals surface area contributed by atoms with Gasteiger partial charge in [-0.1, -0.05) is 18.2 Å². The Morgan fingerprint density at radius 2 is 2.10 bits per heavy atom. The molecule has 0 fully saturated rings. The van der Waals surface area contributed by atoms with Crippen molar-refractivity contribution >= 4 is 27.8 Å². The van der Waals surface area contributed by atoms with Crippen molar-refractivity contribution in [1.82, 2.24) is 9.97 Å². The van der Waals surface area contributed by atoms with Crippen LogP contribution >= 0.6 is 22.7 Å². The van der Waals surface area contributed by atoms with Crippen LogP contribution in [-0.2, 0) is 6.61 Å². The molecule has 1 N–H and O–H groups in total. The zero-order valence-electron chi connectivity index (χ0n) is 10.9. The van der Waals surface area contributed by atoms with Crippen molar-refractivity contribution in [3.05, 3.63) is 46.9 Å². The summed E-state index contributed by atoms with van der Waals surface area (Å²) in [6, 6.07) is 9.76. The van der Waals surface area contributed by atoms with Gasteiger partial charge in [0.2, 0.25) is 0 Å². The molecule has 3 rings (SSSR count). The number of anilines is 1. The number of para-hydroxylation sites is 1. The average molecular weight is 303 g/mol. The van der Waals surface area contributed by atoms with Gasteiger partial charge in [0.1, 0.15) is 17.4 Å². The Kier molecular flexibility index (Phi) is 3.94. The average Bonchev–Trinajstić information content (AvgIpc) is 3.15. The van der Waals surface area contributed by atoms with Crippen LogP contribution in [-0.4, -0.2) is 17.0 Å². The standard InChI is InChI=1S/C14H13N3OS2/c1-15-14-17-11(9-19-14)12-7-16-13(20-12)8-18-10-5-3-2-4-6-10/h2-7,9H,8H2,1H3,(H,15,17). The molecule has 0 aliphatic rings. The summed E-state index contributed by atoms with van der Waals surface area (Å²) in [7, 11) is 1.87. The zero-order chi connectivity index (χ0) is 13.8. The molecule has 102 valence electrons. The van der Waals surface area contributed by atoms with Crippen LogP contribution in [0.4, 0.5) is 5.13 Å². The minimum absolute atomic E-state index is 0.484. The highest BCUT2D eigenvalue weighted by Gasteiger charge is 2.08. The molecular weight excluding hydrogens is 290 g/mol. The molecule has 4 nitrogen and oxygen atoms in total. The highest BCUT2D eigenvalue weighted by atomic mass is 32.1. The fourth-order valence-corrected chi connectivity index (χ4v) is 3.20. The van der Waals surface area contributed by atoms with E-state index in [1.165, 1.54) is 0 Å². The van der Waals surface area contributed by atoms with Gasteiger partial charge in [0.05, 0.1) is 10.6 Å². The van der Waals surface area contributed by atoms with Gasteiger partial charge in [-0.15, -0.1) is 22.7 Å². The predicted octanol–water partition coefficient (Wildman–Crippen LogP) is 3.89. The molecule has 0 radical (unpaired) electrons. The van der Waals surface area contributed by atoms with E-state index in [0.717, 1.165) is 26.5 Å². The fraction of sp³-hybridized carbons (Fsp3) is 0.143. The Hall–Kier alpha value is -1.92.